The number of halogens is 1. The molecule has 0 amide bonds. The van der Waals surface area contributed by atoms with Crippen LogP contribution in [0.3, 0.4) is 0 Å². The van der Waals surface area contributed by atoms with Crippen LogP contribution >= 0.6 is 12.4 Å². The van der Waals surface area contributed by atoms with Crippen LogP contribution in [-0.2, 0) is 18.3 Å². The zero-order valence-electron chi connectivity index (χ0n) is 20.2. The van der Waals surface area contributed by atoms with Gasteiger partial charge in [0, 0.05) is 6.54 Å². The summed E-state index contributed by atoms with van der Waals surface area (Å²) in [4.78, 5) is 0. The lowest BCUT2D eigenvalue weighted by molar-refractivity contribution is 0.0253. The summed E-state index contributed by atoms with van der Waals surface area (Å²) in [7, 11) is 0. The second-order valence-electron chi connectivity index (χ2n) is 10.6. The molecule has 0 aromatic heterocycles. The van der Waals surface area contributed by atoms with Crippen molar-refractivity contribution < 1.29 is 5.11 Å². The van der Waals surface area contributed by atoms with E-state index >= 15 is 0 Å². The highest BCUT2D eigenvalue weighted by molar-refractivity contribution is 5.85. The molecule has 0 radical (unpaired) electrons. The highest BCUT2D eigenvalue weighted by Crippen LogP contribution is 2.57. The fourth-order valence-electron chi connectivity index (χ4n) is 6.79. The van der Waals surface area contributed by atoms with Gasteiger partial charge in [-0.15, -0.1) is 12.4 Å². The summed E-state index contributed by atoms with van der Waals surface area (Å²) in [6, 6.07) is 17.4. The smallest absolute Gasteiger partial charge is 0.0802 e. The Morgan fingerprint density at radius 3 is 2.62 bits per heavy atom. The summed E-state index contributed by atoms with van der Waals surface area (Å²) >= 11 is 0. The van der Waals surface area contributed by atoms with E-state index in [4.69, 9.17) is 0 Å². The Bertz CT molecular complexity index is 869. The standard InChI is InChI=1S/C29H41NO.ClH/c1-4-9-22-12-14-25-24(20-22)13-15-27-28(2,17-8-18-29(25,27)3)21-30-19-16-26(31)23-10-6-5-7-11-23;/h5-7,10-12,14,20,26-27,30-31H,4,8-9,13,15-19,21H2,1-3H3;1H. The number of hydrogen-bond acceptors (Lipinski definition) is 2. The molecule has 32 heavy (non-hydrogen) atoms. The molecule has 1 saturated carbocycles. The number of aryl methyl sites for hydroxylation is 2. The Morgan fingerprint density at radius 2 is 1.88 bits per heavy atom. The van der Waals surface area contributed by atoms with E-state index in [1.54, 1.807) is 11.1 Å². The van der Waals surface area contributed by atoms with E-state index in [2.05, 4.69) is 44.3 Å². The van der Waals surface area contributed by atoms with Crippen molar-refractivity contribution in [1.82, 2.24) is 5.32 Å². The predicted molar refractivity (Wildman–Crippen MR) is 138 cm³/mol. The summed E-state index contributed by atoms with van der Waals surface area (Å²) in [5.41, 5.74) is 6.41. The molecule has 0 bridgehead atoms. The fourth-order valence-corrected chi connectivity index (χ4v) is 6.79. The zero-order chi connectivity index (χ0) is 21.9. The summed E-state index contributed by atoms with van der Waals surface area (Å²) in [6.45, 7) is 9.26. The minimum atomic E-state index is -0.378. The highest BCUT2D eigenvalue weighted by Gasteiger charge is 2.51. The van der Waals surface area contributed by atoms with Crippen LogP contribution in [0.5, 0.6) is 0 Å². The van der Waals surface area contributed by atoms with Gasteiger partial charge >= 0.3 is 0 Å². The maximum absolute atomic E-state index is 10.5. The molecule has 0 spiro atoms. The maximum Gasteiger partial charge on any atom is 0.0802 e. The molecule has 176 valence electrons. The predicted octanol–water partition coefficient (Wildman–Crippen LogP) is 6.78. The van der Waals surface area contributed by atoms with Crippen molar-refractivity contribution >= 4 is 12.4 Å². The number of aliphatic hydroxyl groups is 1. The van der Waals surface area contributed by atoms with Crippen molar-refractivity contribution in [2.24, 2.45) is 11.3 Å². The number of benzene rings is 2. The minimum Gasteiger partial charge on any atom is -0.388 e. The van der Waals surface area contributed by atoms with Gasteiger partial charge in [-0.3, -0.25) is 0 Å². The Kier molecular flexibility index (Phi) is 8.47. The minimum absolute atomic E-state index is 0. The molecule has 0 aliphatic heterocycles. The first-order valence-corrected chi connectivity index (χ1v) is 12.5. The first-order chi connectivity index (χ1) is 15.0. The average molecular weight is 456 g/mol. The number of hydrogen-bond donors (Lipinski definition) is 2. The highest BCUT2D eigenvalue weighted by atomic mass is 35.5. The molecule has 2 N–H and O–H groups in total. The third-order valence-corrected chi connectivity index (χ3v) is 8.39. The third-order valence-electron chi connectivity index (χ3n) is 8.39. The quantitative estimate of drug-likeness (QED) is 0.429. The van der Waals surface area contributed by atoms with Gasteiger partial charge in [-0.25, -0.2) is 0 Å². The summed E-state index contributed by atoms with van der Waals surface area (Å²) in [5, 5.41) is 14.2. The molecule has 0 saturated heterocycles. The van der Waals surface area contributed by atoms with E-state index in [9.17, 15) is 5.11 Å². The van der Waals surface area contributed by atoms with E-state index in [0.717, 1.165) is 31.0 Å². The van der Waals surface area contributed by atoms with Crippen LogP contribution < -0.4 is 5.32 Å². The molecule has 0 heterocycles. The molecular formula is C29H42ClNO. The Balaban J connectivity index is 0.00000289. The number of rotatable bonds is 8. The van der Waals surface area contributed by atoms with Gasteiger partial charge in [0.05, 0.1) is 6.10 Å². The molecular weight excluding hydrogens is 414 g/mol. The Morgan fingerprint density at radius 1 is 1.09 bits per heavy atom. The topological polar surface area (TPSA) is 32.3 Å². The SMILES string of the molecule is CCCc1ccc2c(c1)CCC1C(C)(CNCCC(O)c3ccccc3)CCCC21C.Cl. The largest absolute Gasteiger partial charge is 0.388 e. The zero-order valence-corrected chi connectivity index (χ0v) is 21.0. The van der Waals surface area contributed by atoms with Crippen molar-refractivity contribution in [2.45, 2.75) is 83.7 Å². The van der Waals surface area contributed by atoms with Crippen LogP contribution in [0.1, 0.15) is 87.7 Å². The monoisotopic (exact) mass is 455 g/mol. The Labute approximate surface area is 201 Å². The van der Waals surface area contributed by atoms with Crippen LogP contribution in [-0.4, -0.2) is 18.2 Å². The van der Waals surface area contributed by atoms with E-state index in [1.807, 2.05) is 30.3 Å². The molecule has 2 aromatic carbocycles. The average Bonchev–Trinajstić information content (AvgIpc) is 2.77. The van der Waals surface area contributed by atoms with Crippen molar-refractivity contribution in [3.05, 3.63) is 70.8 Å². The molecule has 4 unspecified atom stereocenters. The van der Waals surface area contributed by atoms with E-state index < -0.39 is 0 Å². The van der Waals surface area contributed by atoms with Crippen molar-refractivity contribution in [3.63, 3.8) is 0 Å². The first kappa shape index (κ1) is 25.3. The van der Waals surface area contributed by atoms with Crippen LogP contribution in [0.2, 0.25) is 0 Å². The fraction of sp³-hybridized carbons (Fsp3) is 0.586. The van der Waals surface area contributed by atoms with Crippen LogP contribution in [0.15, 0.2) is 48.5 Å². The van der Waals surface area contributed by atoms with Gasteiger partial charge < -0.3 is 10.4 Å². The molecule has 4 rings (SSSR count). The molecule has 2 aliphatic rings. The molecule has 2 aliphatic carbocycles. The summed E-state index contributed by atoms with van der Waals surface area (Å²) < 4.78 is 0. The van der Waals surface area contributed by atoms with Crippen LogP contribution in [0, 0.1) is 11.3 Å². The van der Waals surface area contributed by atoms with Crippen molar-refractivity contribution in [3.8, 4) is 0 Å². The van der Waals surface area contributed by atoms with Gasteiger partial charge in [0.2, 0.25) is 0 Å². The van der Waals surface area contributed by atoms with E-state index in [-0.39, 0.29) is 18.5 Å². The van der Waals surface area contributed by atoms with Gasteiger partial charge in [-0.05, 0) is 84.1 Å². The van der Waals surface area contributed by atoms with Crippen LogP contribution in [0.25, 0.3) is 0 Å². The Hall–Kier alpha value is -1.35. The second kappa shape index (κ2) is 10.7. The normalized spacial score (nSPS) is 27.7. The second-order valence-corrected chi connectivity index (χ2v) is 10.6. The van der Waals surface area contributed by atoms with Gasteiger partial charge in [0.1, 0.15) is 0 Å². The van der Waals surface area contributed by atoms with Gasteiger partial charge in [0.25, 0.3) is 0 Å². The molecule has 2 nitrogen and oxygen atoms in total. The van der Waals surface area contributed by atoms with Gasteiger partial charge in [0.15, 0.2) is 0 Å². The lowest BCUT2D eigenvalue weighted by Crippen LogP contribution is -2.52. The molecule has 3 heteroatoms. The maximum atomic E-state index is 10.5. The summed E-state index contributed by atoms with van der Waals surface area (Å²) in [5.74, 6) is 0.727. The summed E-state index contributed by atoms with van der Waals surface area (Å²) in [6.07, 6.45) is 9.30. The number of aliphatic hydroxyl groups excluding tert-OH is 1. The van der Waals surface area contributed by atoms with E-state index in [0.29, 0.717) is 10.8 Å². The van der Waals surface area contributed by atoms with Gasteiger partial charge in [-0.2, -0.15) is 0 Å². The lowest BCUT2D eigenvalue weighted by atomic mass is 9.49. The van der Waals surface area contributed by atoms with Crippen LogP contribution in [0.4, 0.5) is 0 Å². The van der Waals surface area contributed by atoms with E-state index in [1.165, 1.54) is 50.5 Å². The van der Waals surface area contributed by atoms with Crippen molar-refractivity contribution in [1.29, 1.82) is 0 Å². The molecule has 2 aromatic rings. The number of fused-ring (bicyclic) bond motifs is 3. The number of nitrogens with one attached hydrogen (secondary N) is 1. The lowest BCUT2D eigenvalue weighted by Gasteiger charge is -2.55. The third kappa shape index (κ3) is 5.08. The van der Waals surface area contributed by atoms with Gasteiger partial charge in [-0.1, -0.05) is 82.1 Å². The molecule has 4 atom stereocenters. The van der Waals surface area contributed by atoms with Crippen molar-refractivity contribution in [2.75, 3.05) is 13.1 Å². The molecule has 1 fully saturated rings. The first-order valence-electron chi connectivity index (χ1n) is 12.5.